The number of imidazole rings is 1. The molecule has 8 heteroatoms. The average Bonchev–Trinajstić information content (AvgIpc) is 3.17. The lowest BCUT2D eigenvalue weighted by atomic mass is 10.2. The van der Waals surface area contributed by atoms with E-state index in [9.17, 15) is 0 Å². The number of fused-ring (bicyclic) bond motifs is 1. The van der Waals surface area contributed by atoms with Crippen molar-refractivity contribution in [1.29, 1.82) is 0 Å². The molecule has 136 valence electrons. The molecule has 0 unspecified atom stereocenters. The zero-order valence-electron chi connectivity index (χ0n) is 15.5. The van der Waals surface area contributed by atoms with Crippen LogP contribution in [-0.4, -0.2) is 40.7 Å². The van der Waals surface area contributed by atoms with E-state index in [4.69, 9.17) is 10.1 Å². The number of hydrogen-bond donors (Lipinski definition) is 1. The van der Waals surface area contributed by atoms with Gasteiger partial charge in [-0.3, -0.25) is 14.6 Å². The summed E-state index contributed by atoms with van der Waals surface area (Å²) in [6.45, 7) is 8.48. The molecule has 4 rings (SSSR count). The predicted octanol–water partition coefficient (Wildman–Crippen LogP) is 1.65. The molecule has 0 radical (unpaired) electrons. The molecule has 0 bridgehead atoms. The van der Waals surface area contributed by atoms with Crippen molar-refractivity contribution in [3.05, 3.63) is 53.3 Å². The second-order valence-electron chi connectivity index (χ2n) is 6.76. The Labute approximate surface area is 152 Å². The van der Waals surface area contributed by atoms with Crippen LogP contribution in [0.1, 0.15) is 28.6 Å². The van der Waals surface area contributed by atoms with Crippen LogP contribution in [0.5, 0.6) is 0 Å². The van der Waals surface area contributed by atoms with Crippen LogP contribution < -0.4 is 5.32 Å². The lowest BCUT2D eigenvalue weighted by Gasteiger charge is -2.27. The first-order valence-corrected chi connectivity index (χ1v) is 8.87. The number of anilines is 1. The summed E-state index contributed by atoms with van der Waals surface area (Å²) < 4.78 is 4.30. The Morgan fingerprint density at radius 3 is 2.81 bits per heavy atom. The summed E-state index contributed by atoms with van der Waals surface area (Å²) >= 11 is 0. The van der Waals surface area contributed by atoms with E-state index in [0.717, 1.165) is 49.2 Å². The van der Waals surface area contributed by atoms with Gasteiger partial charge in [0.05, 0.1) is 42.9 Å². The molecule has 3 aromatic rings. The van der Waals surface area contributed by atoms with Gasteiger partial charge in [-0.15, -0.1) is 0 Å². The van der Waals surface area contributed by atoms with Crippen molar-refractivity contribution < 1.29 is 0 Å². The minimum Gasteiger partial charge on any atom is -0.363 e. The average molecular weight is 352 g/mol. The van der Waals surface area contributed by atoms with Crippen LogP contribution in [0.3, 0.4) is 0 Å². The highest BCUT2D eigenvalue weighted by Gasteiger charge is 2.20. The molecule has 0 saturated carbocycles. The summed E-state index contributed by atoms with van der Waals surface area (Å²) in [6.07, 6.45) is 5.06. The molecule has 0 saturated heterocycles. The highest BCUT2D eigenvalue weighted by Crippen LogP contribution is 2.17. The maximum atomic E-state index is 4.70. The van der Waals surface area contributed by atoms with Gasteiger partial charge in [0.25, 0.3) is 0 Å². The molecule has 1 N–H and O–H groups in total. The van der Waals surface area contributed by atoms with Crippen molar-refractivity contribution in [3.63, 3.8) is 0 Å². The minimum absolute atomic E-state index is 0.649. The summed E-state index contributed by atoms with van der Waals surface area (Å²) in [5, 5.41) is 7.96. The molecule has 8 nitrogen and oxygen atoms in total. The van der Waals surface area contributed by atoms with E-state index < -0.39 is 0 Å². The normalized spacial score (nSPS) is 14.4. The molecule has 26 heavy (non-hydrogen) atoms. The Morgan fingerprint density at radius 2 is 2.08 bits per heavy atom. The van der Waals surface area contributed by atoms with Crippen molar-refractivity contribution in [2.45, 2.75) is 40.0 Å². The van der Waals surface area contributed by atoms with Gasteiger partial charge in [0.1, 0.15) is 11.6 Å². The van der Waals surface area contributed by atoms with Crippen molar-refractivity contribution in [1.82, 2.24) is 34.2 Å². The van der Waals surface area contributed by atoms with E-state index in [1.54, 1.807) is 18.6 Å². The standard InChI is InChI=1S/C18H24N8/c1-13-14(2)24(3)18(22-13)12-25-6-7-26-16(11-25)8-15(23-26)9-21-17-10-19-4-5-20-17/h4-5,8,10H,6-7,9,11-12H2,1-3H3,(H,20,21). The number of nitrogens with zero attached hydrogens (tertiary/aromatic N) is 7. The van der Waals surface area contributed by atoms with Crippen LogP contribution in [0.15, 0.2) is 24.7 Å². The smallest absolute Gasteiger partial charge is 0.144 e. The molecular formula is C18H24N8. The Bertz CT molecular complexity index is 896. The minimum atomic E-state index is 0.649. The summed E-state index contributed by atoms with van der Waals surface area (Å²) in [7, 11) is 2.09. The second-order valence-corrected chi connectivity index (χ2v) is 6.76. The number of rotatable bonds is 5. The van der Waals surface area contributed by atoms with Crippen LogP contribution >= 0.6 is 0 Å². The molecule has 0 fully saturated rings. The van der Waals surface area contributed by atoms with E-state index in [1.807, 2.05) is 0 Å². The van der Waals surface area contributed by atoms with Crippen LogP contribution in [-0.2, 0) is 33.2 Å². The van der Waals surface area contributed by atoms with E-state index in [-0.39, 0.29) is 0 Å². The maximum absolute atomic E-state index is 4.70. The third-order valence-corrected chi connectivity index (χ3v) is 5.02. The number of hydrogen-bond acceptors (Lipinski definition) is 6. The van der Waals surface area contributed by atoms with Gasteiger partial charge in [-0.05, 0) is 19.9 Å². The predicted molar refractivity (Wildman–Crippen MR) is 98.4 cm³/mol. The highest BCUT2D eigenvalue weighted by molar-refractivity contribution is 5.31. The van der Waals surface area contributed by atoms with E-state index in [0.29, 0.717) is 6.54 Å². The summed E-state index contributed by atoms with van der Waals surface area (Å²) in [4.78, 5) is 15.4. The fourth-order valence-corrected chi connectivity index (χ4v) is 3.30. The largest absolute Gasteiger partial charge is 0.363 e. The zero-order chi connectivity index (χ0) is 18.1. The third kappa shape index (κ3) is 3.32. The monoisotopic (exact) mass is 352 g/mol. The molecule has 0 amide bonds. The molecular weight excluding hydrogens is 328 g/mol. The van der Waals surface area contributed by atoms with Gasteiger partial charge < -0.3 is 9.88 Å². The van der Waals surface area contributed by atoms with Gasteiger partial charge in [-0.25, -0.2) is 9.97 Å². The SMILES string of the molecule is Cc1nc(CN2CCn3nc(CNc4cnccn4)cc3C2)n(C)c1C. The van der Waals surface area contributed by atoms with E-state index in [2.05, 4.69) is 56.4 Å². The Kier molecular flexibility index (Phi) is 4.42. The van der Waals surface area contributed by atoms with Crippen molar-refractivity contribution in [2.24, 2.45) is 7.05 Å². The van der Waals surface area contributed by atoms with Crippen molar-refractivity contribution >= 4 is 5.82 Å². The maximum Gasteiger partial charge on any atom is 0.144 e. The first-order chi connectivity index (χ1) is 12.6. The Balaban J connectivity index is 1.41. The Hall–Kier alpha value is -2.74. The van der Waals surface area contributed by atoms with E-state index in [1.165, 1.54) is 11.4 Å². The van der Waals surface area contributed by atoms with Crippen LogP contribution in [0.4, 0.5) is 5.82 Å². The van der Waals surface area contributed by atoms with Gasteiger partial charge in [-0.2, -0.15) is 5.10 Å². The second kappa shape index (κ2) is 6.87. The van der Waals surface area contributed by atoms with Crippen molar-refractivity contribution in [3.8, 4) is 0 Å². The number of nitrogens with one attached hydrogen (secondary N) is 1. The summed E-state index contributed by atoms with van der Waals surface area (Å²) in [6, 6.07) is 2.17. The molecule has 0 aliphatic carbocycles. The summed E-state index contributed by atoms with van der Waals surface area (Å²) in [5.41, 5.74) is 4.62. The fraction of sp³-hybridized carbons (Fsp3) is 0.444. The molecule has 0 spiro atoms. The first-order valence-electron chi connectivity index (χ1n) is 8.87. The van der Waals surface area contributed by atoms with Crippen LogP contribution in [0.2, 0.25) is 0 Å². The number of aromatic nitrogens is 6. The molecule has 4 heterocycles. The van der Waals surface area contributed by atoms with Gasteiger partial charge in [0.15, 0.2) is 0 Å². The molecule has 1 aliphatic rings. The van der Waals surface area contributed by atoms with Crippen molar-refractivity contribution in [2.75, 3.05) is 11.9 Å². The Morgan fingerprint density at radius 1 is 1.19 bits per heavy atom. The quantitative estimate of drug-likeness (QED) is 0.752. The van der Waals surface area contributed by atoms with Gasteiger partial charge in [-0.1, -0.05) is 0 Å². The highest BCUT2D eigenvalue weighted by atomic mass is 15.3. The van der Waals surface area contributed by atoms with Gasteiger partial charge in [0.2, 0.25) is 0 Å². The van der Waals surface area contributed by atoms with Crippen LogP contribution in [0.25, 0.3) is 0 Å². The van der Waals surface area contributed by atoms with Gasteiger partial charge >= 0.3 is 0 Å². The topological polar surface area (TPSA) is 76.7 Å². The van der Waals surface area contributed by atoms with E-state index >= 15 is 0 Å². The zero-order valence-corrected chi connectivity index (χ0v) is 15.5. The fourth-order valence-electron chi connectivity index (χ4n) is 3.30. The lowest BCUT2D eigenvalue weighted by Crippen LogP contribution is -2.34. The molecule has 1 aliphatic heterocycles. The molecule has 0 aromatic carbocycles. The summed E-state index contributed by atoms with van der Waals surface area (Å²) in [5.74, 6) is 1.89. The first kappa shape index (κ1) is 16.7. The molecule has 3 aromatic heterocycles. The number of aryl methyl sites for hydroxylation is 1. The van der Waals surface area contributed by atoms with Gasteiger partial charge in [0, 0.05) is 38.2 Å². The van der Waals surface area contributed by atoms with Crippen LogP contribution in [0, 0.1) is 13.8 Å². The molecule has 0 atom stereocenters. The third-order valence-electron chi connectivity index (χ3n) is 5.02. The lowest BCUT2D eigenvalue weighted by molar-refractivity contribution is 0.198.